The van der Waals surface area contributed by atoms with Crippen LogP contribution in [0.2, 0.25) is 0 Å². The van der Waals surface area contributed by atoms with E-state index in [2.05, 4.69) is 5.32 Å². The molecule has 21 heavy (non-hydrogen) atoms. The van der Waals surface area contributed by atoms with E-state index in [1.54, 1.807) is 32.9 Å². The van der Waals surface area contributed by atoms with Crippen LogP contribution in [-0.2, 0) is 11.2 Å². The number of carbonyl (C=O) groups is 1. The molecule has 0 unspecified atom stereocenters. The molecule has 0 aromatic heterocycles. The van der Waals surface area contributed by atoms with Gasteiger partial charge in [-0.15, -0.1) is 0 Å². The highest BCUT2D eigenvalue weighted by atomic mass is 16.6. The lowest BCUT2D eigenvalue weighted by Crippen LogP contribution is -2.27. The van der Waals surface area contributed by atoms with Crippen LogP contribution in [-0.4, -0.2) is 37.6 Å². The molecular weight excluding hydrogens is 274 g/mol. The zero-order valence-corrected chi connectivity index (χ0v) is 13.1. The Morgan fingerprint density at radius 1 is 1.19 bits per heavy atom. The Morgan fingerprint density at radius 2 is 1.76 bits per heavy atom. The van der Waals surface area contributed by atoms with Gasteiger partial charge < -0.3 is 19.3 Å². The summed E-state index contributed by atoms with van der Waals surface area (Å²) in [5, 5.41) is 11.8. The van der Waals surface area contributed by atoms with Crippen molar-refractivity contribution >= 4 is 11.8 Å². The van der Waals surface area contributed by atoms with Gasteiger partial charge in [-0.1, -0.05) is 0 Å². The molecule has 0 aliphatic heterocycles. The zero-order valence-electron chi connectivity index (χ0n) is 13.1. The molecule has 6 nitrogen and oxygen atoms in total. The van der Waals surface area contributed by atoms with Gasteiger partial charge in [-0.05, 0) is 38.8 Å². The van der Waals surface area contributed by atoms with Crippen molar-refractivity contribution in [2.24, 2.45) is 0 Å². The van der Waals surface area contributed by atoms with Gasteiger partial charge in [-0.3, -0.25) is 5.32 Å². The molecule has 0 fully saturated rings. The van der Waals surface area contributed by atoms with Crippen molar-refractivity contribution in [2.75, 3.05) is 26.1 Å². The topological polar surface area (TPSA) is 77.0 Å². The maximum atomic E-state index is 11.9. The summed E-state index contributed by atoms with van der Waals surface area (Å²) in [5.74, 6) is 1.03. The highest BCUT2D eigenvalue weighted by molar-refractivity contribution is 5.86. The average Bonchev–Trinajstić information content (AvgIpc) is 2.38. The Hall–Kier alpha value is -1.95. The van der Waals surface area contributed by atoms with E-state index in [9.17, 15) is 4.79 Å². The Labute approximate surface area is 125 Å². The summed E-state index contributed by atoms with van der Waals surface area (Å²) < 4.78 is 15.6. The van der Waals surface area contributed by atoms with Crippen LogP contribution in [0.15, 0.2) is 12.1 Å². The summed E-state index contributed by atoms with van der Waals surface area (Å²) >= 11 is 0. The van der Waals surface area contributed by atoms with Gasteiger partial charge in [0.05, 0.1) is 19.9 Å². The molecule has 2 N–H and O–H groups in total. The second-order valence-electron chi connectivity index (χ2n) is 5.46. The van der Waals surface area contributed by atoms with Crippen molar-refractivity contribution in [3.63, 3.8) is 0 Å². The first kappa shape index (κ1) is 17.1. The van der Waals surface area contributed by atoms with E-state index in [-0.39, 0.29) is 6.61 Å². The normalized spacial score (nSPS) is 11.0. The molecule has 0 saturated carbocycles. The van der Waals surface area contributed by atoms with E-state index in [1.807, 2.05) is 0 Å². The molecule has 0 saturated heterocycles. The van der Waals surface area contributed by atoms with E-state index >= 15 is 0 Å². The van der Waals surface area contributed by atoms with Crippen LogP contribution in [0, 0.1) is 0 Å². The monoisotopic (exact) mass is 297 g/mol. The Balaban J connectivity index is 3.05. The summed E-state index contributed by atoms with van der Waals surface area (Å²) in [6.07, 6.45) is -0.181. The van der Waals surface area contributed by atoms with Gasteiger partial charge in [0.15, 0.2) is 11.5 Å². The van der Waals surface area contributed by atoms with Crippen LogP contribution in [0.4, 0.5) is 10.5 Å². The van der Waals surface area contributed by atoms with Crippen LogP contribution in [0.25, 0.3) is 0 Å². The molecule has 1 rings (SSSR count). The molecule has 0 radical (unpaired) electrons. The number of hydrogen-bond acceptors (Lipinski definition) is 5. The maximum absolute atomic E-state index is 11.9. The van der Waals surface area contributed by atoms with Crippen LogP contribution in [0.3, 0.4) is 0 Å². The largest absolute Gasteiger partial charge is 0.493 e. The van der Waals surface area contributed by atoms with Crippen molar-refractivity contribution in [2.45, 2.75) is 32.8 Å². The van der Waals surface area contributed by atoms with E-state index in [0.29, 0.717) is 23.6 Å². The summed E-state index contributed by atoms with van der Waals surface area (Å²) in [6, 6.07) is 3.37. The van der Waals surface area contributed by atoms with E-state index in [1.165, 1.54) is 14.2 Å². The smallest absolute Gasteiger partial charge is 0.412 e. The second-order valence-corrected chi connectivity index (χ2v) is 5.46. The fraction of sp³-hybridized carbons (Fsp3) is 0.533. The van der Waals surface area contributed by atoms with Crippen molar-refractivity contribution in [3.05, 3.63) is 17.7 Å². The molecule has 0 bridgehead atoms. The van der Waals surface area contributed by atoms with Crippen LogP contribution in [0.5, 0.6) is 11.5 Å². The highest BCUT2D eigenvalue weighted by Gasteiger charge is 2.18. The van der Waals surface area contributed by atoms with Gasteiger partial charge in [0, 0.05) is 12.7 Å². The third-order valence-corrected chi connectivity index (χ3v) is 2.63. The predicted octanol–water partition coefficient (Wildman–Crippen LogP) is 2.59. The van der Waals surface area contributed by atoms with E-state index in [4.69, 9.17) is 19.3 Å². The van der Waals surface area contributed by atoms with Crippen molar-refractivity contribution in [1.29, 1.82) is 0 Å². The summed E-state index contributed by atoms with van der Waals surface area (Å²) in [7, 11) is 3.04. The molecule has 6 heteroatoms. The Morgan fingerprint density at radius 3 is 2.24 bits per heavy atom. The number of carbonyl (C=O) groups excluding carboxylic acids is 1. The molecule has 1 aromatic carbocycles. The molecule has 0 heterocycles. The zero-order chi connectivity index (χ0) is 16.0. The number of ether oxygens (including phenoxy) is 3. The first-order valence-electron chi connectivity index (χ1n) is 6.66. The van der Waals surface area contributed by atoms with E-state index < -0.39 is 11.7 Å². The Bertz CT molecular complexity index is 494. The lowest BCUT2D eigenvalue weighted by atomic mass is 10.1. The number of rotatable bonds is 5. The van der Waals surface area contributed by atoms with Crippen molar-refractivity contribution in [3.8, 4) is 11.5 Å². The summed E-state index contributed by atoms with van der Waals surface area (Å²) in [5.41, 5.74) is 0.676. The minimum atomic E-state index is -0.586. The molecule has 0 aliphatic carbocycles. The summed E-state index contributed by atoms with van der Waals surface area (Å²) in [6.45, 7) is 5.32. The predicted molar refractivity (Wildman–Crippen MR) is 80.2 cm³/mol. The maximum Gasteiger partial charge on any atom is 0.412 e. The SMILES string of the molecule is COc1cc(CCO)c(NC(=O)OC(C)(C)C)cc1OC. The lowest BCUT2D eigenvalue weighted by Gasteiger charge is -2.21. The lowest BCUT2D eigenvalue weighted by molar-refractivity contribution is 0.0635. The van der Waals surface area contributed by atoms with Crippen LogP contribution < -0.4 is 14.8 Å². The number of benzene rings is 1. The number of anilines is 1. The van der Waals surface area contributed by atoms with Gasteiger partial charge >= 0.3 is 6.09 Å². The molecular formula is C15H23NO5. The van der Waals surface area contributed by atoms with Gasteiger partial charge in [-0.25, -0.2) is 4.79 Å². The minimum Gasteiger partial charge on any atom is -0.493 e. The number of hydrogen-bond donors (Lipinski definition) is 2. The van der Waals surface area contributed by atoms with Crippen LogP contribution >= 0.6 is 0 Å². The molecule has 0 aliphatic rings. The van der Waals surface area contributed by atoms with Gasteiger partial charge in [0.25, 0.3) is 0 Å². The van der Waals surface area contributed by atoms with Gasteiger partial charge in [0.2, 0.25) is 0 Å². The number of aliphatic hydroxyl groups is 1. The van der Waals surface area contributed by atoms with Crippen molar-refractivity contribution < 1.29 is 24.1 Å². The number of methoxy groups -OCH3 is 2. The standard InChI is InChI=1S/C15H23NO5/c1-15(2,3)21-14(18)16-11-9-13(20-5)12(19-4)8-10(11)6-7-17/h8-9,17H,6-7H2,1-5H3,(H,16,18). The minimum absolute atomic E-state index is 0.0432. The molecule has 118 valence electrons. The quantitative estimate of drug-likeness (QED) is 0.873. The first-order valence-corrected chi connectivity index (χ1v) is 6.66. The van der Waals surface area contributed by atoms with E-state index in [0.717, 1.165) is 5.56 Å². The molecule has 0 atom stereocenters. The average molecular weight is 297 g/mol. The number of amides is 1. The van der Waals surface area contributed by atoms with Crippen LogP contribution in [0.1, 0.15) is 26.3 Å². The third kappa shape index (κ3) is 5.15. The highest BCUT2D eigenvalue weighted by Crippen LogP contribution is 2.33. The van der Waals surface area contributed by atoms with Crippen molar-refractivity contribution in [1.82, 2.24) is 0 Å². The fourth-order valence-corrected chi connectivity index (χ4v) is 1.78. The molecule has 1 aromatic rings. The number of nitrogens with one attached hydrogen (secondary N) is 1. The molecule has 0 spiro atoms. The Kier molecular flexibility index (Phi) is 5.84. The third-order valence-electron chi connectivity index (χ3n) is 2.63. The number of aliphatic hydroxyl groups excluding tert-OH is 1. The fourth-order valence-electron chi connectivity index (χ4n) is 1.78. The molecule has 1 amide bonds. The summed E-state index contributed by atoms with van der Waals surface area (Å²) in [4.78, 5) is 11.9. The van der Waals surface area contributed by atoms with Gasteiger partial charge in [-0.2, -0.15) is 0 Å². The van der Waals surface area contributed by atoms with Gasteiger partial charge in [0.1, 0.15) is 5.60 Å². The second kappa shape index (κ2) is 7.17. The first-order chi connectivity index (χ1) is 9.80.